The van der Waals surface area contributed by atoms with Crippen LogP contribution in [0.15, 0.2) is 42.5 Å². The molecule has 2 aliphatic rings. The Bertz CT molecular complexity index is 368. The van der Waals surface area contributed by atoms with Crippen molar-refractivity contribution in [2.45, 2.75) is 32.0 Å². The maximum atomic E-state index is 2.62. The summed E-state index contributed by atoms with van der Waals surface area (Å²) < 4.78 is 0. The number of benzene rings is 1. The van der Waals surface area contributed by atoms with Gasteiger partial charge in [-0.15, -0.1) is 0 Å². The van der Waals surface area contributed by atoms with E-state index < -0.39 is 0 Å². The molecule has 3 atom stereocenters. The molecule has 0 spiro atoms. The number of hydrogen-bond donors (Lipinski definition) is 0. The van der Waals surface area contributed by atoms with Gasteiger partial charge in [0.05, 0.1) is 0 Å². The van der Waals surface area contributed by atoms with Crippen LogP contribution in [0.2, 0.25) is 0 Å². The van der Waals surface area contributed by atoms with Gasteiger partial charge < -0.3 is 0 Å². The van der Waals surface area contributed by atoms with Gasteiger partial charge in [0.25, 0.3) is 0 Å². The monoisotopic (exact) mass is 199 g/mol. The molecule has 1 heteroatoms. The van der Waals surface area contributed by atoms with Crippen molar-refractivity contribution in [1.29, 1.82) is 0 Å². The summed E-state index contributed by atoms with van der Waals surface area (Å²) in [6, 6.07) is 12.2. The molecule has 0 N–H and O–H groups in total. The fourth-order valence-electron chi connectivity index (χ4n) is 2.91. The van der Waals surface area contributed by atoms with E-state index in [1.807, 2.05) is 0 Å². The summed E-state index contributed by atoms with van der Waals surface area (Å²) in [5, 5.41) is 0. The first-order valence-corrected chi connectivity index (χ1v) is 5.82. The predicted molar refractivity (Wildman–Crippen MR) is 62.5 cm³/mol. The van der Waals surface area contributed by atoms with Crippen LogP contribution in [-0.4, -0.2) is 17.0 Å². The Morgan fingerprint density at radius 2 is 2.00 bits per heavy atom. The first-order valence-electron chi connectivity index (χ1n) is 5.82. The molecule has 0 radical (unpaired) electrons. The highest BCUT2D eigenvalue weighted by molar-refractivity contribution is 5.20. The summed E-state index contributed by atoms with van der Waals surface area (Å²) in [6.07, 6.45) is 6.12. The lowest BCUT2D eigenvalue weighted by Crippen LogP contribution is -2.36. The van der Waals surface area contributed by atoms with E-state index in [-0.39, 0.29) is 0 Å². The van der Waals surface area contributed by atoms with E-state index in [0.29, 0.717) is 6.04 Å². The normalized spacial score (nSPS) is 33.8. The molecule has 0 amide bonds. The number of rotatable bonds is 2. The first-order chi connectivity index (χ1) is 7.34. The lowest BCUT2D eigenvalue weighted by Gasteiger charge is -2.29. The minimum absolute atomic E-state index is 0.699. The SMILES string of the molecule is CC1C2C=CC(C2)N1Cc1ccccc1. The molecule has 0 saturated carbocycles. The number of fused-ring (bicyclic) bond motifs is 2. The quantitative estimate of drug-likeness (QED) is 0.662. The molecule has 15 heavy (non-hydrogen) atoms. The van der Waals surface area contributed by atoms with E-state index in [1.165, 1.54) is 12.0 Å². The van der Waals surface area contributed by atoms with E-state index in [4.69, 9.17) is 0 Å². The van der Waals surface area contributed by atoms with Gasteiger partial charge in [-0.2, -0.15) is 0 Å². The van der Waals surface area contributed by atoms with Gasteiger partial charge >= 0.3 is 0 Å². The fraction of sp³-hybridized carbons (Fsp3) is 0.429. The average Bonchev–Trinajstić information content (AvgIpc) is 2.84. The Morgan fingerprint density at radius 3 is 2.67 bits per heavy atom. The molecule has 1 aliphatic heterocycles. The first kappa shape index (κ1) is 9.17. The van der Waals surface area contributed by atoms with Crippen LogP contribution in [0.3, 0.4) is 0 Å². The van der Waals surface area contributed by atoms with E-state index in [0.717, 1.165) is 18.5 Å². The van der Waals surface area contributed by atoms with Crippen LogP contribution >= 0.6 is 0 Å². The maximum Gasteiger partial charge on any atom is 0.0291 e. The zero-order valence-corrected chi connectivity index (χ0v) is 9.13. The Kier molecular flexibility index (Phi) is 2.14. The molecule has 78 valence electrons. The molecule has 0 aromatic heterocycles. The highest BCUT2D eigenvalue weighted by Crippen LogP contribution is 2.37. The average molecular weight is 199 g/mol. The number of hydrogen-bond acceptors (Lipinski definition) is 1. The summed E-state index contributed by atoms with van der Waals surface area (Å²) >= 11 is 0. The second kappa shape index (κ2) is 3.49. The summed E-state index contributed by atoms with van der Waals surface area (Å²) in [5.74, 6) is 0.804. The fourth-order valence-corrected chi connectivity index (χ4v) is 2.91. The van der Waals surface area contributed by atoms with E-state index in [2.05, 4.69) is 54.3 Å². The van der Waals surface area contributed by atoms with Crippen LogP contribution in [0.1, 0.15) is 18.9 Å². The lowest BCUT2D eigenvalue weighted by molar-refractivity contribution is 0.204. The Balaban J connectivity index is 1.77. The van der Waals surface area contributed by atoms with Gasteiger partial charge in [0.2, 0.25) is 0 Å². The molecule has 2 bridgehead atoms. The van der Waals surface area contributed by atoms with Gasteiger partial charge in [-0.3, -0.25) is 4.90 Å². The second-order valence-corrected chi connectivity index (χ2v) is 4.75. The standard InChI is InChI=1S/C14H17N/c1-11-13-7-8-14(9-13)15(11)10-12-5-3-2-4-6-12/h2-8,11,13-14H,9-10H2,1H3. The molecule has 1 aliphatic carbocycles. The van der Waals surface area contributed by atoms with Crippen LogP contribution in [0.25, 0.3) is 0 Å². The van der Waals surface area contributed by atoms with Crippen LogP contribution in [-0.2, 0) is 6.54 Å². The zero-order chi connectivity index (χ0) is 10.3. The molecular weight excluding hydrogens is 182 g/mol. The predicted octanol–water partition coefficient (Wildman–Crippen LogP) is 2.84. The maximum absolute atomic E-state index is 2.62. The molecule has 1 nitrogen and oxygen atoms in total. The van der Waals surface area contributed by atoms with Crippen molar-refractivity contribution in [2.24, 2.45) is 5.92 Å². The minimum Gasteiger partial charge on any atom is -0.289 e. The minimum atomic E-state index is 0.699. The van der Waals surface area contributed by atoms with Crippen molar-refractivity contribution in [3.05, 3.63) is 48.0 Å². The Labute approximate surface area is 91.4 Å². The van der Waals surface area contributed by atoms with E-state index in [1.54, 1.807) is 0 Å². The smallest absolute Gasteiger partial charge is 0.0291 e. The molecule has 3 unspecified atom stereocenters. The Morgan fingerprint density at radius 1 is 1.20 bits per heavy atom. The van der Waals surface area contributed by atoms with Crippen molar-refractivity contribution in [3.63, 3.8) is 0 Å². The van der Waals surface area contributed by atoms with Crippen LogP contribution in [0, 0.1) is 5.92 Å². The van der Waals surface area contributed by atoms with Gasteiger partial charge in [0.1, 0.15) is 0 Å². The van der Waals surface area contributed by atoms with Crippen molar-refractivity contribution >= 4 is 0 Å². The molecule has 1 aromatic carbocycles. The number of likely N-dealkylation sites (tertiary alicyclic amines) is 1. The van der Waals surface area contributed by atoms with Crippen LogP contribution in [0.5, 0.6) is 0 Å². The van der Waals surface area contributed by atoms with Gasteiger partial charge in [-0.1, -0.05) is 42.5 Å². The van der Waals surface area contributed by atoms with Crippen molar-refractivity contribution in [1.82, 2.24) is 4.90 Å². The third-order valence-electron chi connectivity index (χ3n) is 3.87. The highest BCUT2D eigenvalue weighted by atomic mass is 15.2. The molecule has 1 fully saturated rings. The lowest BCUT2D eigenvalue weighted by atomic mass is 10.0. The van der Waals surface area contributed by atoms with E-state index >= 15 is 0 Å². The highest BCUT2D eigenvalue weighted by Gasteiger charge is 2.39. The van der Waals surface area contributed by atoms with Crippen LogP contribution in [0.4, 0.5) is 0 Å². The molecule has 1 heterocycles. The molecular formula is C14H17N. The second-order valence-electron chi connectivity index (χ2n) is 4.75. The van der Waals surface area contributed by atoms with Crippen molar-refractivity contribution in [2.75, 3.05) is 0 Å². The van der Waals surface area contributed by atoms with Crippen molar-refractivity contribution < 1.29 is 0 Å². The molecule has 1 saturated heterocycles. The molecule has 1 aromatic rings. The van der Waals surface area contributed by atoms with Gasteiger partial charge in [-0.05, 0) is 24.8 Å². The van der Waals surface area contributed by atoms with Gasteiger partial charge in [0.15, 0.2) is 0 Å². The zero-order valence-electron chi connectivity index (χ0n) is 9.13. The molecule has 3 rings (SSSR count). The third kappa shape index (κ3) is 1.51. The summed E-state index contributed by atoms with van der Waals surface area (Å²) in [4.78, 5) is 2.62. The summed E-state index contributed by atoms with van der Waals surface area (Å²) in [7, 11) is 0. The van der Waals surface area contributed by atoms with Gasteiger partial charge in [-0.25, -0.2) is 0 Å². The largest absolute Gasteiger partial charge is 0.289 e. The van der Waals surface area contributed by atoms with Crippen molar-refractivity contribution in [3.8, 4) is 0 Å². The van der Waals surface area contributed by atoms with E-state index in [9.17, 15) is 0 Å². The van der Waals surface area contributed by atoms with Gasteiger partial charge in [0, 0.05) is 18.6 Å². The topological polar surface area (TPSA) is 3.24 Å². The summed E-state index contributed by atoms with van der Waals surface area (Å²) in [6.45, 7) is 3.46. The third-order valence-corrected chi connectivity index (χ3v) is 3.87. The Hall–Kier alpha value is -1.08. The van der Waals surface area contributed by atoms with Crippen LogP contribution < -0.4 is 0 Å². The summed E-state index contributed by atoms with van der Waals surface area (Å²) in [5.41, 5.74) is 1.44. The number of nitrogens with zero attached hydrogens (tertiary/aromatic N) is 1.